The van der Waals surface area contributed by atoms with Gasteiger partial charge in [-0.1, -0.05) is 83.5 Å². The van der Waals surface area contributed by atoms with Crippen LogP contribution >= 0.6 is 0 Å². The van der Waals surface area contributed by atoms with E-state index in [0.717, 1.165) is 31.1 Å². The number of carbonyl (C=O) groups is 1. The van der Waals surface area contributed by atoms with Crippen LogP contribution in [0.25, 0.3) is 10.9 Å². The number of unbranched alkanes of at least 4 members (excludes halogenated alkanes) is 1. The number of carbonyl (C=O) groups excluding carboxylic acids is 1. The molecule has 0 N–H and O–H groups in total. The van der Waals surface area contributed by atoms with Gasteiger partial charge < -0.3 is 4.79 Å². The van der Waals surface area contributed by atoms with E-state index in [-0.39, 0.29) is 0 Å². The summed E-state index contributed by atoms with van der Waals surface area (Å²) in [6.07, 6.45) is 6.44. The highest BCUT2D eigenvalue weighted by Crippen LogP contribution is 2.17. The fourth-order valence-corrected chi connectivity index (χ4v) is 2.80. The number of aryl methyl sites for hydroxylation is 3. The van der Waals surface area contributed by atoms with E-state index in [4.69, 9.17) is 9.78 Å². The summed E-state index contributed by atoms with van der Waals surface area (Å²) in [5, 5.41) is 1.26. The summed E-state index contributed by atoms with van der Waals surface area (Å²) >= 11 is 0. The minimum atomic E-state index is 0.750. The molecule has 0 saturated carbocycles. The van der Waals surface area contributed by atoms with Gasteiger partial charge in [-0.3, -0.25) is 4.98 Å². The lowest BCUT2D eigenvalue weighted by Gasteiger charge is -2.06. The van der Waals surface area contributed by atoms with E-state index in [2.05, 4.69) is 67.6 Å². The lowest BCUT2D eigenvalue weighted by atomic mass is 10.0. The average molecular weight is 394 g/mol. The normalized spacial score (nSPS) is 9.17. The van der Waals surface area contributed by atoms with E-state index in [9.17, 15) is 0 Å². The number of fused-ring (bicyclic) bond motifs is 1. The van der Waals surface area contributed by atoms with Crippen LogP contribution in [0.3, 0.4) is 0 Å². The van der Waals surface area contributed by atoms with Gasteiger partial charge >= 0.3 is 0 Å². The molecule has 158 valence electrons. The predicted molar refractivity (Wildman–Crippen MR) is 129 cm³/mol. The van der Waals surface area contributed by atoms with E-state index < -0.39 is 0 Å². The molecule has 0 atom stereocenters. The van der Waals surface area contributed by atoms with Crippen molar-refractivity contribution in [2.75, 3.05) is 0 Å². The van der Waals surface area contributed by atoms with Gasteiger partial charge in [-0.2, -0.15) is 0 Å². The Hall–Kier alpha value is -2.48. The summed E-state index contributed by atoms with van der Waals surface area (Å²) in [4.78, 5) is 13.6. The molecule has 3 rings (SSSR count). The molecular formula is C27H39NO. The van der Waals surface area contributed by atoms with Gasteiger partial charge in [0.25, 0.3) is 0 Å². The largest absolute Gasteiger partial charge is 0.304 e. The number of hydrogen-bond donors (Lipinski definition) is 0. The molecule has 0 fully saturated rings. The third kappa shape index (κ3) is 10.6. The molecule has 0 radical (unpaired) electrons. The Morgan fingerprint density at radius 1 is 0.793 bits per heavy atom. The number of rotatable bonds is 6. The molecule has 2 nitrogen and oxygen atoms in total. The molecule has 2 heteroatoms. The van der Waals surface area contributed by atoms with E-state index in [1.165, 1.54) is 42.0 Å². The predicted octanol–water partition coefficient (Wildman–Crippen LogP) is 7.62. The Morgan fingerprint density at radius 2 is 1.41 bits per heavy atom. The van der Waals surface area contributed by atoms with Crippen LogP contribution in [0.5, 0.6) is 0 Å². The van der Waals surface area contributed by atoms with Crippen LogP contribution in [0.4, 0.5) is 0 Å². The highest BCUT2D eigenvalue weighted by molar-refractivity contribution is 5.79. The Morgan fingerprint density at radius 3 is 2.03 bits per heavy atom. The monoisotopic (exact) mass is 393 g/mol. The molecule has 0 aliphatic carbocycles. The molecule has 0 aliphatic heterocycles. The fourth-order valence-electron chi connectivity index (χ4n) is 2.80. The number of benzene rings is 2. The molecular weight excluding hydrogens is 354 g/mol. The van der Waals surface area contributed by atoms with Crippen molar-refractivity contribution in [3.05, 3.63) is 77.5 Å². The van der Waals surface area contributed by atoms with Gasteiger partial charge in [0, 0.05) is 11.1 Å². The number of pyridine rings is 1. The summed E-state index contributed by atoms with van der Waals surface area (Å²) in [6.45, 7) is 11.7. The van der Waals surface area contributed by atoms with E-state index in [1.54, 1.807) is 0 Å². The van der Waals surface area contributed by atoms with Crippen LogP contribution in [0.1, 0.15) is 71.2 Å². The molecule has 0 amide bonds. The highest BCUT2D eigenvalue weighted by atomic mass is 16.1. The maximum absolute atomic E-state index is 8.81. The van der Waals surface area contributed by atoms with Crippen LogP contribution in [-0.2, 0) is 24.1 Å². The molecule has 0 aliphatic rings. The summed E-state index contributed by atoms with van der Waals surface area (Å²) in [5.74, 6) is 0. The molecule has 0 saturated heterocycles. The topological polar surface area (TPSA) is 30.0 Å². The zero-order chi connectivity index (χ0) is 21.9. The molecule has 1 aromatic heterocycles. The number of hydrogen-bond acceptors (Lipinski definition) is 2. The lowest BCUT2D eigenvalue weighted by Crippen LogP contribution is -1.93. The van der Waals surface area contributed by atoms with Crippen LogP contribution in [0.2, 0.25) is 0 Å². The summed E-state index contributed by atoms with van der Waals surface area (Å²) in [5.41, 5.74) is 5.12. The molecule has 29 heavy (non-hydrogen) atoms. The van der Waals surface area contributed by atoms with Crippen molar-refractivity contribution in [3.63, 3.8) is 0 Å². The number of aldehydes is 1. The second-order valence-electron chi connectivity index (χ2n) is 6.15. The Balaban J connectivity index is 0.00000100. The maximum atomic E-state index is 8.81. The molecule has 0 bridgehead atoms. The van der Waals surface area contributed by atoms with Crippen molar-refractivity contribution in [1.29, 1.82) is 0 Å². The summed E-state index contributed by atoms with van der Waals surface area (Å²) in [6, 6.07) is 21.8. The average Bonchev–Trinajstić information content (AvgIpc) is 2.80. The van der Waals surface area contributed by atoms with Crippen molar-refractivity contribution in [3.8, 4) is 0 Å². The van der Waals surface area contributed by atoms with Crippen molar-refractivity contribution >= 4 is 17.2 Å². The summed E-state index contributed by atoms with van der Waals surface area (Å²) in [7, 11) is 0. The second-order valence-corrected chi connectivity index (χ2v) is 6.15. The van der Waals surface area contributed by atoms with Crippen LogP contribution in [-0.4, -0.2) is 11.3 Å². The maximum Gasteiger partial charge on any atom is 0.116 e. The first-order chi connectivity index (χ1) is 14.3. The Labute approximate surface area is 178 Å². The fraction of sp³-hybridized carbons (Fsp3) is 0.407. The Kier molecular flexibility index (Phi) is 16.1. The van der Waals surface area contributed by atoms with E-state index in [1.807, 2.05) is 27.7 Å². The standard InChI is InChI=1S/C21H23N.C2H4O.2C2H6/c1-2-3-9-20-14-13-19-16-18(12-15-21(19)22-20)11-10-17-7-5-4-6-8-17;1-2-3;2*1-2/h4-8,12-16H,2-3,9-11H2,1H3;2H,1H3;2*1-2H3. The van der Waals surface area contributed by atoms with Gasteiger partial charge in [-0.25, -0.2) is 0 Å². The van der Waals surface area contributed by atoms with Crippen molar-refractivity contribution in [2.45, 2.75) is 73.6 Å². The highest BCUT2D eigenvalue weighted by Gasteiger charge is 2.01. The van der Waals surface area contributed by atoms with Crippen molar-refractivity contribution in [2.24, 2.45) is 0 Å². The van der Waals surface area contributed by atoms with Crippen LogP contribution in [0.15, 0.2) is 60.7 Å². The summed E-state index contributed by atoms with van der Waals surface area (Å²) < 4.78 is 0. The van der Waals surface area contributed by atoms with Crippen molar-refractivity contribution < 1.29 is 4.79 Å². The van der Waals surface area contributed by atoms with Crippen LogP contribution < -0.4 is 0 Å². The first kappa shape index (κ1) is 26.5. The zero-order valence-electron chi connectivity index (χ0n) is 19.2. The van der Waals surface area contributed by atoms with E-state index in [0.29, 0.717) is 0 Å². The van der Waals surface area contributed by atoms with Gasteiger partial charge in [-0.15, -0.1) is 0 Å². The quantitative estimate of drug-likeness (QED) is 0.403. The SMILES string of the molecule is CC.CC.CC=O.CCCCc1ccc2cc(CCc3ccccc3)ccc2n1. The van der Waals surface area contributed by atoms with Crippen molar-refractivity contribution in [1.82, 2.24) is 4.98 Å². The minimum Gasteiger partial charge on any atom is -0.304 e. The van der Waals surface area contributed by atoms with Gasteiger partial charge in [0.2, 0.25) is 0 Å². The molecule has 3 aromatic rings. The minimum absolute atomic E-state index is 0.750. The number of nitrogens with zero attached hydrogens (tertiary/aromatic N) is 1. The number of aromatic nitrogens is 1. The smallest absolute Gasteiger partial charge is 0.116 e. The second kappa shape index (κ2) is 17.6. The Bertz CT molecular complexity index is 781. The van der Waals surface area contributed by atoms with Crippen LogP contribution in [0, 0.1) is 0 Å². The van der Waals surface area contributed by atoms with E-state index >= 15 is 0 Å². The molecule has 2 aromatic carbocycles. The zero-order valence-corrected chi connectivity index (χ0v) is 19.2. The third-order valence-electron chi connectivity index (χ3n) is 4.14. The van der Waals surface area contributed by atoms with Gasteiger partial charge in [0.15, 0.2) is 0 Å². The van der Waals surface area contributed by atoms with Gasteiger partial charge in [0.05, 0.1) is 5.52 Å². The van der Waals surface area contributed by atoms with Gasteiger partial charge in [0.1, 0.15) is 6.29 Å². The first-order valence-electron chi connectivity index (χ1n) is 11.1. The van der Waals surface area contributed by atoms with Gasteiger partial charge in [-0.05, 0) is 61.9 Å². The lowest BCUT2D eigenvalue weighted by molar-refractivity contribution is -0.106. The first-order valence-corrected chi connectivity index (χ1v) is 11.1. The molecule has 0 spiro atoms. The third-order valence-corrected chi connectivity index (χ3v) is 4.14. The molecule has 1 heterocycles. The molecule has 0 unspecified atom stereocenters.